The van der Waals surface area contributed by atoms with Gasteiger partial charge in [-0.1, -0.05) is 16.8 Å². The number of carboxylic acid groups (broad SMARTS) is 1. The lowest BCUT2D eigenvalue weighted by Crippen LogP contribution is -2.04. The van der Waals surface area contributed by atoms with Crippen molar-refractivity contribution in [3.63, 3.8) is 0 Å². The topological polar surface area (TPSA) is 80.9 Å². The van der Waals surface area contributed by atoms with Crippen molar-refractivity contribution < 1.29 is 9.90 Å². The highest BCUT2D eigenvalue weighted by Gasteiger charge is 2.13. The number of pyridine rings is 1. The van der Waals surface area contributed by atoms with Crippen LogP contribution in [0.5, 0.6) is 0 Å². The minimum atomic E-state index is -0.868. The molecule has 0 bridgehead atoms. The number of benzene rings is 1. The Kier molecular flexibility index (Phi) is 4.49. The molecular weight excluding hydrogens is 336 g/mol. The van der Waals surface area contributed by atoms with Gasteiger partial charge in [-0.2, -0.15) is 0 Å². The number of fused-ring (bicyclic) bond motifs is 1. The maximum absolute atomic E-state index is 10.6. The Morgan fingerprint density at radius 3 is 2.96 bits per heavy atom. The Labute approximate surface area is 141 Å². The van der Waals surface area contributed by atoms with Crippen LogP contribution in [0.4, 0.5) is 0 Å². The molecule has 0 radical (unpaired) electrons. The number of halogens is 1. The fraction of sp³-hybridized carbons (Fsp3) is 0.200. The molecule has 2 aromatic heterocycles. The van der Waals surface area contributed by atoms with E-state index in [9.17, 15) is 4.79 Å². The van der Waals surface area contributed by atoms with Crippen molar-refractivity contribution in [3.8, 4) is 11.4 Å². The molecular formula is C15H13ClN4O2S. The van der Waals surface area contributed by atoms with Gasteiger partial charge in [0.25, 0.3) is 0 Å². The number of carbonyl (C=O) groups is 1. The van der Waals surface area contributed by atoms with Crippen LogP contribution in [0.2, 0.25) is 5.02 Å². The lowest BCUT2D eigenvalue weighted by atomic mass is 10.2. The molecule has 3 rings (SSSR count). The zero-order valence-corrected chi connectivity index (χ0v) is 13.8. The zero-order chi connectivity index (χ0) is 16.4. The smallest absolute Gasteiger partial charge is 0.305 e. The van der Waals surface area contributed by atoms with Crippen LogP contribution in [0.1, 0.15) is 6.42 Å². The Bertz CT molecular complexity index is 881. The number of rotatable bonds is 5. The number of hydrogen-bond donors (Lipinski definition) is 1. The summed E-state index contributed by atoms with van der Waals surface area (Å²) in [7, 11) is 0. The van der Waals surface area contributed by atoms with Gasteiger partial charge < -0.3 is 5.11 Å². The average molecular weight is 349 g/mol. The summed E-state index contributed by atoms with van der Waals surface area (Å²) in [5.74, 6) is -0.868. The molecule has 118 valence electrons. The van der Waals surface area contributed by atoms with Crippen LogP contribution < -0.4 is 0 Å². The summed E-state index contributed by atoms with van der Waals surface area (Å²) in [6, 6.07) is 7.55. The van der Waals surface area contributed by atoms with Crippen LogP contribution in [0.25, 0.3) is 22.3 Å². The Balaban J connectivity index is 2.01. The van der Waals surface area contributed by atoms with Crippen LogP contribution in [-0.2, 0) is 11.3 Å². The summed E-state index contributed by atoms with van der Waals surface area (Å²) in [6.07, 6.45) is 3.68. The van der Waals surface area contributed by atoms with Crippen molar-refractivity contribution in [2.45, 2.75) is 17.9 Å². The number of aryl methyl sites for hydroxylation is 1. The summed E-state index contributed by atoms with van der Waals surface area (Å²) >= 11 is 7.59. The molecule has 1 aromatic carbocycles. The van der Waals surface area contributed by atoms with Crippen molar-refractivity contribution in [1.29, 1.82) is 0 Å². The maximum Gasteiger partial charge on any atom is 0.305 e. The van der Waals surface area contributed by atoms with Crippen molar-refractivity contribution in [2.75, 3.05) is 6.26 Å². The second-order valence-corrected chi connectivity index (χ2v) is 6.17. The number of thioether (sulfide) groups is 1. The van der Waals surface area contributed by atoms with Crippen molar-refractivity contribution in [3.05, 3.63) is 35.5 Å². The number of carboxylic acids is 1. The summed E-state index contributed by atoms with van der Waals surface area (Å²) < 4.78 is 1.52. The van der Waals surface area contributed by atoms with Gasteiger partial charge in [-0.05, 0) is 30.5 Å². The molecule has 0 spiro atoms. The van der Waals surface area contributed by atoms with Crippen LogP contribution >= 0.6 is 23.4 Å². The summed E-state index contributed by atoms with van der Waals surface area (Å²) in [5.41, 5.74) is 2.17. The highest BCUT2D eigenvalue weighted by Crippen LogP contribution is 2.31. The van der Waals surface area contributed by atoms with E-state index in [0.717, 1.165) is 21.5 Å². The van der Waals surface area contributed by atoms with E-state index in [1.807, 2.05) is 24.5 Å². The molecule has 0 saturated carbocycles. The number of hydrogen-bond acceptors (Lipinski definition) is 5. The second kappa shape index (κ2) is 6.55. The lowest BCUT2D eigenvalue weighted by molar-refractivity contribution is -0.137. The summed E-state index contributed by atoms with van der Waals surface area (Å²) in [4.78, 5) is 16.3. The van der Waals surface area contributed by atoms with Gasteiger partial charge in [-0.15, -0.1) is 16.9 Å². The van der Waals surface area contributed by atoms with Crippen LogP contribution in [0, 0.1) is 0 Å². The quantitative estimate of drug-likeness (QED) is 0.712. The number of aromatic nitrogens is 4. The van der Waals surface area contributed by atoms with Crippen molar-refractivity contribution in [1.82, 2.24) is 20.0 Å². The molecule has 0 aliphatic heterocycles. The predicted octanol–water partition coefficient (Wildman–Crippen LogP) is 3.34. The fourth-order valence-electron chi connectivity index (χ4n) is 2.19. The number of aliphatic carboxylic acids is 1. The van der Waals surface area contributed by atoms with Gasteiger partial charge >= 0.3 is 5.97 Å². The van der Waals surface area contributed by atoms with Gasteiger partial charge in [0.1, 0.15) is 11.4 Å². The lowest BCUT2D eigenvalue weighted by Gasteiger charge is -2.06. The van der Waals surface area contributed by atoms with E-state index in [-0.39, 0.29) is 13.0 Å². The van der Waals surface area contributed by atoms with Gasteiger partial charge in [0, 0.05) is 15.3 Å². The molecule has 0 fully saturated rings. The molecule has 0 atom stereocenters. The van der Waals surface area contributed by atoms with Crippen LogP contribution in [0.15, 0.2) is 35.4 Å². The molecule has 0 unspecified atom stereocenters. The molecule has 8 heteroatoms. The Morgan fingerprint density at radius 1 is 1.39 bits per heavy atom. The molecule has 3 aromatic rings. The van der Waals surface area contributed by atoms with E-state index in [1.54, 1.807) is 24.0 Å². The third-order valence-electron chi connectivity index (χ3n) is 3.30. The standard InChI is InChI=1S/C15H13ClN4O2S/c1-23-13-7-9-6-10(16)2-3-11(9)17-15(13)12-8-20(19-18-12)5-4-14(21)22/h2-3,6-8H,4-5H2,1H3,(H,21,22). The van der Waals surface area contributed by atoms with Gasteiger partial charge in [-0.25, -0.2) is 4.98 Å². The van der Waals surface area contributed by atoms with Crippen LogP contribution in [-0.4, -0.2) is 37.3 Å². The van der Waals surface area contributed by atoms with Gasteiger partial charge in [0.2, 0.25) is 0 Å². The van der Waals surface area contributed by atoms with E-state index in [4.69, 9.17) is 16.7 Å². The highest BCUT2D eigenvalue weighted by molar-refractivity contribution is 7.98. The summed E-state index contributed by atoms with van der Waals surface area (Å²) in [5, 5.41) is 18.4. The summed E-state index contributed by atoms with van der Waals surface area (Å²) in [6.45, 7) is 0.278. The predicted molar refractivity (Wildman–Crippen MR) is 89.8 cm³/mol. The van der Waals surface area contributed by atoms with E-state index in [2.05, 4.69) is 15.3 Å². The maximum atomic E-state index is 10.6. The Morgan fingerprint density at radius 2 is 2.22 bits per heavy atom. The molecule has 0 aliphatic rings. The highest BCUT2D eigenvalue weighted by atomic mass is 35.5. The van der Waals surface area contributed by atoms with E-state index in [0.29, 0.717) is 10.7 Å². The van der Waals surface area contributed by atoms with Crippen molar-refractivity contribution in [2.24, 2.45) is 0 Å². The molecule has 0 aliphatic carbocycles. The molecule has 1 N–H and O–H groups in total. The van der Waals surface area contributed by atoms with Crippen molar-refractivity contribution >= 4 is 40.2 Å². The van der Waals surface area contributed by atoms with Gasteiger partial charge in [0.15, 0.2) is 0 Å². The molecule has 2 heterocycles. The van der Waals surface area contributed by atoms with Crippen LogP contribution in [0.3, 0.4) is 0 Å². The number of nitrogens with zero attached hydrogens (tertiary/aromatic N) is 4. The Hall–Kier alpha value is -2.12. The zero-order valence-electron chi connectivity index (χ0n) is 12.2. The van der Waals surface area contributed by atoms with Gasteiger partial charge in [0.05, 0.1) is 24.7 Å². The second-order valence-electron chi connectivity index (χ2n) is 4.89. The van der Waals surface area contributed by atoms with Gasteiger partial charge in [-0.3, -0.25) is 9.48 Å². The average Bonchev–Trinajstić information content (AvgIpc) is 3.00. The SMILES string of the molecule is CSc1cc2cc(Cl)ccc2nc1-c1cn(CCC(=O)O)nn1. The first-order valence-corrected chi connectivity index (χ1v) is 8.43. The molecule has 0 amide bonds. The molecule has 6 nitrogen and oxygen atoms in total. The monoisotopic (exact) mass is 348 g/mol. The third-order valence-corrected chi connectivity index (χ3v) is 4.28. The van der Waals surface area contributed by atoms with E-state index in [1.165, 1.54) is 4.68 Å². The molecule has 23 heavy (non-hydrogen) atoms. The minimum Gasteiger partial charge on any atom is -0.481 e. The first-order valence-electron chi connectivity index (χ1n) is 6.83. The van der Waals surface area contributed by atoms with E-state index < -0.39 is 5.97 Å². The largest absolute Gasteiger partial charge is 0.481 e. The third kappa shape index (κ3) is 3.46. The first kappa shape index (κ1) is 15.8. The fourth-order valence-corrected chi connectivity index (χ4v) is 2.96. The first-order chi connectivity index (χ1) is 11.1. The minimum absolute atomic E-state index is 0.00182. The van der Waals surface area contributed by atoms with E-state index >= 15 is 0 Å². The molecule has 0 saturated heterocycles. The normalized spacial score (nSPS) is 11.0.